The third kappa shape index (κ3) is 12.0. The fourth-order valence-electron chi connectivity index (χ4n) is 8.61. The fraction of sp³-hybridized carbons (Fsp3) is 0.500. The van der Waals surface area contributed by atoms with E-state index < -0.39 is 18.6 Å². The van der Waals surface area contributed by atoms with Crippen LogP contribution in [0.15, 0.2) is 79.0 Å². The van der Waals surface area contributed by atoms with E-state index >= 15 is 0 Å². The largest absolute Gasteiger partial charge is 0.573 e. The molecule has 57 heavy (non-hydrogen) atoms. The third-order valence-electron chi connectivity index (χ3n) is 11.5. The Labute approximate surface area is 329 Å². The van der Waals surface area contributed by atoms with Crippen molar-refractivity contribution >= 4 is 28.2 Å². The number of H-pyrrole nitrogens is 1. The first-order valence-corrected chi connectivity index (χ1v) is 20.1. The quantitative estimate of drug-likeness (QED) is 0.144. The summed E-state index contributed by atoms with van der Waals surface area (Å²) < 4.78 is 84.7. The van der Waals surface area contributed by atoms with Crippen molar-refractivity contribution in [2.24, 2.45) is 11.8 Å². The molecule has 3 aliphatic rings. The summed E-state index contributed by atoms with van der Waals surface area (Å²) in [5.41, 5.74) is 2.99. The van der Waals surface area contributed by atoms with Crippen molar-refractivity contribution in [1.82, 2.24) is 9.88 Å². The Morgan fingerprint density at radius 1 is 0.684 bits per heavy atom. The Morgan fingerprint density at radius 2 is 1.28 bits per heavy atom. The van der Waals surface area contributed by atoms with Crippen LogP contribution in [0, 0.1) is 11.8 Å². The van der Waals surface area contributed by atoms with Gasteiger partial charge in [-0.2, -0.15) is 0 Å². The van der Waals surface area contributed by atoms with Crippen molar-refractivity contribution in [1.29, 1.82) is 0 Å². The number of aromatic amines is 1. The Balaban J connectivity index is 0.000000232. The van der Waals surface area contributed by atoms with Gasteiger partial charge >= 0.3 is 12.7 Å². The van der Waals surface area contributed by atoms with E-state index in [1.165, 1.54) is 41.4 Å². The highest BCUT2D eigenvalue weighted by molar-refractivity contribution is 5.92. The van der Waals surface area contributed by atoms with Crippen LogP contribution in [0.1, 0.15) is 87.7 Å². The standard InChI is InChI=1S/C29H34F3N3O2.C15H17F3O2/c30-29(31,32)37-27-12-5-4-9-22(27)23(28(36)21-7-2-1-3-8-21)14-16-34-17-19-35(20-18-34)26-11-6-10-25-24(26)13-15-33-25;16-15(17,18)20-14-9-5-4-8-12(14)10-13(19)11-6-2-1-3-7-11/h4-6,9-13,15,21,23,33H,1-3,7-8,14,16-20H2;4-5,8-9,11H,1-3,6-7,10H2. The molecule has 0 bridgehead atoms. The van der Waals surface area contributed by atoms with Crippen LogP contribution in [-0.4, -0.2) is 66.9 Å². The van der Waals surface area contributed by atoms with Crippen LogP contribution in [0.3, 0.4) is 0 Å². The average molecular weight is 800 g/mol. The number of aromatic nitrogens is 1. The molecule has 1 N–H and O–H groups in total. The van der Waals surface area contributed by atoms with Gasteiger partial charge in [-0.05, 0) is 69.0 Å². The molecule has 308 valence electrons. The predicted octanol–water partition coefficient (Wildman–Crippen LogP) is 10.8. The number of piperazine rings is 1. The van der Waals surface area contributed by atoms with E-state index in [-0.39, 0.29) is 41.3 Å². The number of nitrogens with zero attached hydrogens (tertiary/aromatic N) is 2. The van der Waals surface area contributed by atoms with E-state index in [4.69, 9.17) is 0 Å². The number of ether oxygens (including phenoxy) is 2. The maximum atomic E-state index is 13.7. The van der Waals surface area contributed by atoms with Gasteiger partial charge in [0.05, 0.1) is 0 Å². The molecule has 13 heteroatoms. The van der Waals surface area contributed by atoms with Gasteiger partial charge in [0.2, 0.25) is 0 Å². The summed E-state index contributed by atoms with van der Waals surface area (Å²) in [5, 5.41) is 1.20. The minimum absolute atomic E-state index is 0.0108. The van der Waals surface area contributed by atoms with Crippen molar-refractivity contribution in [2.45, 2.75) is 95.7 Å². The third-order valence-corrected chi connectivity index (χ3v) is 11.5. The molecule has 3 fully saturated rings. The molecule has 4 aromatic rings. The van der Waals surface area contributed by atoms with Gasteiger partial charge in [-0.15, -0.1) is 26.3 Å². The van der Waals surface area contributed by atoms with Crippen LogP contribution in [0.5, 0.6) is 11.5 Å². The molecule has 2 heterocycles. The van der Waals surface area contributed by atoms with Gasteiger partial charge < -0.3 is 19.4 Å². The van der Waals surface area contributed by atoms with E-state index in [2.05, 4.69) is 48.5 Å². The molecular formula is C44H51F6N3O4. The van der Waals surface area contributed by atoms with Crippen LogP contribution < -0.4 is 14.4 Å². The van der Waals surface area contributed by atoms with Crippen molar-refractivity contribution in [3.63, 3.8) is 0 Å². The lowest BCUT2D eigenvalue weighted by Gasteiger charge is -2.37. The number of hydrogen-bond donors (Lipinski definition) is 1. The van der Waals surface area contributed by atoms with E-state index in [0.717, 1.165) is 95.9 Å². The van der Waals surface area contributed by atoms with Crippen molar-refractivity contribution < 1.29 is 45.4 Å². The van der Waals surface area contributed by atoms with Gasteiger partial charge in [0.15, 0.2) is 0 Å². The van der Waals surface area contributed by atoms with Gasteiger partial charge in [0, 0.05) is 84.3 Å². The molecule has 7 rings (SSSR count). The summed E-state index contributed by atoms with van der Waals surface area (Å²) in [4.78, 5) is 33.8. The second kappa shape index (κ2) is 19.3. The molecule has 0 radical (unpaired) electrons. The molecule has 2 aliphatic carbocycles. The second-order valence-corrected chi connectivity index (χ2v) is 15.3. The molecule has 2 saturated carbocycles. The summed E-state index contributed by atoms with van der Waals surface area (Å²) in [6.07, 6.45) is 2.56. The van der Waals surface area contributed by atoms with Gasteiger partial charge in [0.1, 0.15) is 23.1 Å². The summed E-state index contributed by atoms with van der Waals surface area (Å²) in [5.74, 6) is -1.15. The number of hydrogen-bond acceptors (Lipinski definition) is 6. The van der Waals surface area contributed by atoms with Crippen LogP contribution in [-0.2, 0) is 16.0 Å². The topological polar surface area (TPSA) is 74.9 Å². The summed E-state index contributed by atoms with van der Waals surface area (Å²) >= 11 is 0. The number of para-hydroxylation sites is 2. The lowest BCUT2D eigenvalue weighted by molar-refractivity contribution is -0.276. The number of carbonyl (C=O) groups is 2. The van der Waals surface area contributed by atoms with E-state index in [1.54, 1.807) is 18.2 Å². The lowest BCUT2D eigenvalue weighted by atomic mass is 9.78. The number of ketones is 2. The molecule has 1 saturated heterocycles. The number of Topliss-reactive ketones (excluding diaryl/α,β-unsaturated/α-hetero) is 2. The van der Waals surface area contributed by atoms with E-state index in [0.29, 0.717) is 24.1 Å². The van der Waals surface area contributed by atoms with Gasteiger partial charge in [-0.25, -0.2) is 0 Å². The highest BCUT2D eigenvalue weighted by atomic mass is 19.4. The molecule has 3 aromatic carbocycles. The first kappa shape index (κ1) is 42.1. The number of fused-ring (bicyclic) bond motifs is 1. The van der Waals surface area contributed by atoms with Gasteiger partial charge in [-0.1, -0.05) is 81.0 Å². The Morgan fingerprint density at radius 3 is 1.95 bits per heavy atom. The van der Waals surface area contributed by atoms with Crippen molar-refractivity contribution in [3.05, 3.63) is 90.1 Å². The molecule has 1 aromatic heterocycles. The van der Waals surface area contributed by atoms with Crippen LogP contribution in [0.4, 0.5) is 32.0 Å². The Kier molecular flexibility index (Phi) is 14.2. The van der Waals surface area contributed by atoms with Crippen molar-refractivity contribution in [3.8, 4) is 11.5 Å². The van der Waals surface area contributed by atoms with Crippen LogP contribution in [0.2, 0.25) is 0 Å². The summed E-state index contributed by atoms with van der Waals surface area (Å²) in [7, 11) is 0. The second-order valence-electron chi connectivity index (χ2n) is 15.3. The van der Waals surface area contributed by atoms with Crippen molar-refractivity contribution in [2.75, 3.05) is 37.6 Å². The number of alkyl halides is 6. The first-order valence-electron chi connectivity index (χ1n) is 20.1. The number of nitrogens with one attached hydrogen (secondary N) is 1. The SMILES string of the molecule is O=C(C1CCCCC1)C(CCN1CCN(c2cccc3[nH]ccc23)CC1)c1ccccc1OC(F)(F)F.O=C(Cc1ccccc1OC(F)(F)F)C1CCCCC1. The highest BCUT2D eigenvalue weighted by Gasteiger charge is 2.36. The zero-order valence-electron chi connectivity index (χ0n) is 32.1. The monoisotopic (exact) mass is 799 g/mol. The number of carbonyl (C=O) groups excluding carboxylic acids is 2. The smallest absolute Gasteiger partial charge is 0.405 e. The van der Waals surface area contributed by atoms with E-state index in [9.17, 15) is 35.9 Å². The number of anilines is 1. The maximum absolute atomic E-state index is 13.7. The van der Waals surface area contributed by atoms with Crippen LogP contribution >= 0.6 is 0 Å². The average Bonchev–Trinajstić information content (AvgIpc) is 3.69. The Hall–Kier alpha value is -4.52. The Bertz CT molecular complexity index is 1910. The minimum Gasteiger partial charge on any atom is -0.405 e. The van der Waals surface area contributed by atoms with E-state index in [1.807, 2.05) is 6.20 Å². The maximum Gasteiger partial charge on any atom is 0.573 e. The first-order chi connectivity index (χ1) is 27.3. The van der Waals surface area contributed by atoms with Crippen LogP contribution in [0.25, 0.3) is 10.9 Å². The minimum atomic E-state index is -4.80. The number of rotatable bonds is 12. The summed E-state index contributed by atoms with van der Waals surface area (Å²) in [6.45, 7) is 4.06. The molecule has 1 atom stereocenters. The summed E-state index contributed by atoms with van der Waals surface area (Å²) in [6, 6.07) is 20.4. The molecule has 0 spiro atoms. The lowest BCUT2D eigenvalue weighted by Crippen LogP contribution is -2.47. The van der Waals surface area contributed by atoms with Gasteiger partial charge in [-0.3, -0.25) is 14.5 Å². The number of halogens is 6. The molecule has 0 amide bonds. The zero-order valence-corrected chi connectivity index (χ0v) is 32.1. The fourth-order valence-corrected chi connectivity index (χ4v) is 8.61. The normalized spacial score (nSPS) is 18.1. The molecule has 1 aliphatic heterocycles. The zero-order chi connectivity index (χ0) is 40.4. The number of benzene rings is 3. The highest BCUT2D eigenvalue weighted by Crippen LogP contribution is 2.38. The van der Waals surface area contributed by atoms with Gasteiger partial charge in [0.25, 0.3) is 0 Å². The predicted molar refractivity (Wildman–Crippen MR) is 207 cm³/mol. The molecule has 1 unspecified atom stereocenters. The molecular weight excluding hydrogens is 748 g/mol. The molecule has 7 nitrogen and oxygen atoms in total.